The predicted molar refractivity (Wildman–Crippen MR) is 113 cm³/mol. The Balaban J connectivity index is 1.99. The highest BCUT2D eigenvalue weighted by Crippen LogP contribution is 2.43. The maximum Gasteiger partial charge on any atom is 0.486 e. The zero-order chi connectivity index (χ0) is 21.0. The van der Waals surface area contributed by atoms with E-state index in [0.29, 0.717) is 0 Å². The van der Waals surface area contributed by atoms with Gasteiger partial charge in [-0.1, -0.05) is 18.2 Å². The molecule has 152 valence electrons. The van der Waals surface area contributed by atoms with Gasteiger partial charge < -0.3 is 23.4 Å². The lowest BCUT2D eigenvalue weighted by Crippen LogP contribution is -2.41. The Bertz CT molecular complexity index is 683. The molecule has 0 aromatic heterocycles. The third-order valence-corrected chi connectivity index (χ3v) is 6.50. The van der Waals surface area contributed by atoms with Crippen LogP contribution in [0, 0.1) is 0 Å². The van der Waals surface area contributed by atoms with Crippen LogP contribution in [0.25, 0.3) is 6.08 Å². The summed E-state index contributed by atoms with van der Waals surface area (Å²) in [4.78, 5) is 0. The van der Waals surface area contributed by atoms with Gasteiger partial charge in [0.25, 0.3) is 0 Å². The van der Waals surface area contributed by atoms with Crippen LogP contribution in [0.4, 0.5) is 0 Å². The SMILES string of the molecule is COc1ccc(C=C(B2OC(C)(C)C(C)(C)O2)B2OC(C)(C)C(C)(C)O2)cc1. The molecular formula is C21H32B2O5. The van der Waals surface area contributed by atoms with Crippen molar-refractivity contribution in [2.75, 3.05) is 7.11 Å². The van der Waals surface area contributed by atoms with Gasteiger partial charge in [0, 0.05) is 0 Å². The van der Waals surface area contributed by atoms with E-state index >= 15 is 0 Å². The minimum atomic E-state index is -0.554. The van der Waals surface area contributed by atoms with Crippen LogP contribution in [0.3, 0.4) is 0 Å². The summed E-state index contributed by atoms with van der Waals surface area (Å²) in [6, 6.07) is 7.85. The summed E-state index contributed by atoms with van der Waals surface area (Å²) in [5.74, 6) is 0.810. The van der Waals surface area contributed by atoms with Crippen LogP contribution in [0.2, 0.25) is 0 Å². The molecule has 3 rings (SSSR count). The zero-order valence-electron chi connectivity index (χ0n) is 18.6. The van der Waals surface area contributed by atoms with Crippen molar-refractivity contribution in [1.29, 1.82) is 0 Å². The maximum atomic E-state index is 6.32. The molecule has 7 heteroatoms. The first-order valence-electron chi connectivity index (χ1n) is 9.85. The second kappa shape index (κ2) is 6.91. The third-order valence-electron chi connectivity index (χ3n) is 6.50. The Kier molecular flexibility index (Phi) is 5.29. The Morgan fingerprint density at radius 2 is 1.07 bits per heavy atom. The van der Waals surface area contributed by atoms with Crippen molar-refractivity contribution in [2.45, 2.75) is 77.8 Å². The monoisotopic (exact) mass is 386 g/mol. The summed E-state index contributed by atoms with van der Waals surface area (Å²) >= 11 is 0. The molecular weight excluding hydrogens is 354 g/mol. The van der Waals surface area contributed by atoms with Gasteiger partial charge in [-0.15, -0.1) is 0 Å². The molecule has 2 saturated heterocycles. The fraction of sp³-hybridized carbons (Fsp3) is 0.619. The van der Waals surface area contributed by atoms with Crippen LogP contribution in [0.1, 0.15) is 61.0 Å². The Morgan fingerprint density at radius 3 is 1.39 bits per heavy atom. The minimum Gasteiger partial charge on any atom is -0.497 e. The lowest BCUT2D eigenvalue weighted by molar-refractivity contribution is 0.00578. The largest absolute Gasteiger partial charge is 0.497 e. The van der Waals surface area contributed by atoms with Gasteiger partial charge in [-0.05, 0) is 78.5 Å². The Morgan fingerprint density at radius 1 is 0.714 bits per heavy atom. The standard InChI is InChI=1S/C21H32B2O5/c1-18(2)19(3,4)26-22(25-18)17(14-15-10-12-16(24-9)13-11-15)23-27-20(5,6)21(7,8)28-23/h10-14H,1-9H3. The van der Waals surface area contributed by atoms with Crippen molar-refractivity contribution in [2.24, 2.45) is 0 Å². The molecule has 0 atom stereocenters. The quantitative estimate of drug-likeness (QED) is 0.721. The molecule has 0 N–H and O–H groups in total. The van der Waals surface area contributed by atoms with Crippen LogP contribution < -0.4 is 4.74 Å². The fourth-order valence-electron chi connectivity index (χ4n) is 3.10. The van der Waals surface area contributed by atoms with Gasteiger partial charge in [0.2, 0.25) is 0 Å². The van der Waals surface area contributed by atoms with Gasteiger partial charge in [0.15, 0.2) is 0 Å². The molecule has 2 aliphatic heterocycles. The lowest BCUT2D eigenvalue weighted by atomic mass is 9.57. The molecule has 1 aromatic rings. The molecule has 28 heavy (non-hydrogen) atoms. The average molecular weight is 386 g/mol. The topological polar surface area (TPSA) is 46.2 Å². The molecule has 0 amide bonds. The lowest BCUT2D eigenvalue weighted by Gasteiger charge is -2.32. The highest BCUT2D eigenvalue weighted by Gasteiger charge is 2.59. The number of hydrogen-bond donors (Lipinski definition) is 0. The first-order chi connectivity index (χ1) is 12.8. The highest BCUT2D eigenvalue weighted by atomic mass is 16.7. The normalized spacial score (nSPS) is 24.3. The summed E-state index contributed by atoms with van der Waals surface area (Å²) in [5, 5.41) is 0.822. The molecule has 5 nitrogen and oxygen atoms in total. The summed E-state index contributed by atoms with van der Waals surface area (Å²) in [7, 11) is 0.550. The van der Waals surface area contributed by atoms with Gasteiger partial charge >= 0.3 is 14.2 Å². The van der Waals surface area contributed by atoms with E-state index in [9.17, 15) is 0 Å². The predicted octanol–water partition coefficient (Wildman–Crippen LogP) is 4.34. The van der Waals surface area contributed by atoms with Crippen LogP contribution in [-0.4, -0.2) is 43.8 Å². The maximum absolute atomic E-state index is 6.32. The summed E-state index contributed by atoms with van der Waals surface area (Å²) in [5.41, 5.74) is -0.776. The molecule has 0 spiro atoms. The molecule has 2 heterocycles. The van der Waals surface area contributed by atoms with Crippen LogP contribution in [0.15, 0.2) is 29.6 Å². The molecule has 1 aromatic carbocycles. The first kappa shape index (κ1) is 21.4. The van der Waals surface area contributed by atoms with Gasteiger partial charge in [0.1, 0.15) is 5.75 Å². The number of rotatable bonds is 4. The van der Waals surface area contributed by atoms with Crippen LogP contribution in [0.5, 0.6) is 5.75 Å². The van der Waals surface area contributed by atoms with Gasteiger partial charge in [-0.3, -0.25) is 0 Å². The number of hydrogen-bond acceptors (Lipinski definition) is 5. The highest BCUT2D eigenvalue weighted by molar-refractivity contribution is 6.79. The molecule has 2 fully saturated rings. The van der Waals surface area contributed by atoms with Crippen molar-refractivity contribution >= 4 is 20.3 Å². The molecule has 0 aliphatic carbocycles. The molecule has 0 radical (unpaired) electrons. The van der Waals surface area contributed by atoms with E-state index in [2.05, 4.69) is 0 Å². The van der Waals surface area contributed by atoms with E-state index in [-0.39, 0.29) is 0 Å². The average Bonchev–Trinajstić information content (AvgIpc) is 2.92. The summed E-state index contributed by atoms with van der Waals surface area (Å²) in [6.45, 7) is 16.4. The third kappa shape index (κ3) is 3.78. The molecule has 0 unspecified atom stereocenters. The van der Waals surface area contributed by atoms with E-state index < -0.39 is 36.6 Å². The number of ether oxygens (including phenoxy) is 1. The number of benzene rings is 1. The van der Waals surface area contributed by atoms with E-state index in [1.807, 2.05) is 85.7 Å². The summed E-state index contributed by atoms with van der Waals surface area (Å²) in [6.07, 6.45) is 2.03. The number of methoxy groups -OCH3 is 1. The van der Waals surface area contributed by atoms with Crippen molar-refractivity contribution in [3.63, 3.8) is 0 Å². The first-order valence-corrected chi connectivity index (χ1v) is 9.85. The van der Waals surface area contributed by atoms with Crippen LogP contribution in [-0.2, 0) is 18.6 Å². The second-order valence-corrected chi connectivity index (χ2v) is 9.59. The van der Waals surface area contributed by atoms with E-state index in [1.54, 1.807) is 7.11 Å². The summed E-state index contributed by atoms with van der Waals surface area (Å²) < 4.78 is 30.5. The van der Waals surface area contributed by atoms with Crippen molar-refractivity contribution in [3.8, 4) is 5.75 Å². The van der Waals surface area contributed by atoms with E-state index in [1.165, 1.54) is 0 Å². The Hall–Kier alpha value is -1.27. The van der Waals surface area contributed by atoms with Crippen LogP contribution >= 0.6 is 0 Å². The van der Waals surface area contributed by atoms with E-state index in [4.69, 9.17) is 23.4 Å². The Labute approximate surface area is 170 Å². The van der Waals surface area contributed by atoms with Gasteiger partial charge in [0.05, 0.1) is 29.5 Å². The zero-order valence-corrected chi connectivity index (χ0v) is 18.6. The fourth-order valence-corrected chi connectivity index (χ4v) is 3.10. The second-order valence-electron chi connectivity index (χ2n) is 9.59. The van der Waals surface area contributed by atoms with Crippen molar-refractivity contribution in [3.05, 3.63) is 35.2 Å². The van der Waals surface area contributed by atoms with Gasteiger partial charge in [-0.2, -0.15) is 0 Å². The van der Waals surface area contributed by atoms with E-state index in [0.717, 1.165) is 16.7 Å². The molecule has 2 aliphatic rings. The van der Waals surface area contributed by atoms with Crippen molar-refractivity contribution < 1.29 is 23.4 Å². The minimum absolute atomic E-state index is 0.444. The van der Waals surface area contributed by atoms with Gasteiger partial charge in [-0.25, -0.2) is 0 Å². The molecule has 0 saturated carbocycles. The molecule has 0 bridgehead atoms. The van der Waals surface area contributed by atoms with Crippen molar-refractivity contribution in [1.82, 2.24) is 0 Å². The smallest absolute Gasteiger partial charge is 0.486 e.